The van der Waals surface area contributed by atoms with Gasteiger partial charge in [0.1, 0.15) is 17.2 Å². The number of carbonyl (C=O) groups is 1. The van der Waals surface area contributed by atoms with Gasteiger partial charge in [0.15, 0.2) is 0 Å². The second kappa shape index (κ2) is 7.94. The van der Waals surface area contributed by atoms with E-state index < -0.39 is 0 Å². The van der Waals surface area contributed by atoms with Crippen LogP contribution in [0.1, 0.15) is 16.1 Å². The van der Waals surface area contributed by atoms with Gasteiger partial charge in [-0.15, -0.1) is 11.3 Å². The summed E-state index contributed by atoms with van der Waals surface area (Å²) in [5, 5.41) is 1.95. The molecule has 0 unspecified atom stereocenters. The number of hydrogen-bond acceptors (Lipinski definition) is 4. The first-order valence-electron chi connectivity index (χ1n) is 10.1. The second-order valence-corrected chi connectivity index (χ2v) is 8.38. The molecule has 0 bridgehead atoms. The van der Waals surface area contributed by atoms with Gasteiger partial charge in [0, 0.05) is 17.5 Å². The molecule has 7 heteroatoms. The summed E-state index contributed by atoms with van der Waals surface area (Å²) in [6.45, 7) is 1.84. The topological polar surface area (TPSA) is 59.6 Å². The molecule has 0 atom stereocenters. The minimum absolute atomic E-state index is 0.273. The summed E-state index contributed by atoms with van der Waals surface area (Å²) in [4.78, 5) is 34.2. The average molecular weight is 441 g/mol. The summed E-state index contributed by atoms with van der Waals surface area (Å²) in [5.74, 6) is 0.132. The Bertz CT molecular complexity index is 1410. The van der Waals surface area contributed by atoms with Gasteiger partial charge in [0.25, 0.3) is 11.5 Å². The smallest absolute Gasteiger partial charge is 0.283 e. The zero-order valence-corrected chi connectivity index (χ0v) is 18.4. The molecule has 1 aliphatic rings. The lowest BCUT2D eigenvalue weighted by atomic mass is 10.2. The van der Waals surface area contributed by atoms with Gasteiger partial charge >= 0.3 is 0 Å². The van der Waals surface area contributed by atoms with Crippen LogP contribution in [-0.2, 0) is 11.8 Å². The summed E-state index contributed by atoms with van der Waals surface area (Å²) in [6.07, 6.45) is 1.77. The fourth-order valence-corrected chi connectivity index (χ4v) is 4.48. The van der Waals surface area contributed by atoms with Gasteiger partial charge < -0.3 is 0 Å². The number of amides is 1. The molecule has 0 N–H and O–H groups in total. The first-order valence-corrected chi connectivity index (χ1v) is 11.0. The average Bonchev–Trinajstić information content (AvgIpc) is 3.49. The maximum Gasteiger partial charge on any atom is 0.296 e. The number of para-hydroxylation sites is 1. The van der Waals surface area contributed by atoms with Crippen LogP contribution in [0.15, 0.2) is 93.7 Å². The molecule has 0 saturated carbocycles. The molecule has 0 fully saturated rings. The highest BCUT2D eigenvalue weighted by Gasteiger charge is 2.37. The molecule has 4 aromatic rings. The third kappa shape index (κ3) is 3.23. The van der Waals surface area contributed by atoms with Gasteiger partial charge in [-0.05, 0) is 36.6 Å². The summed E-state index contributed by atoms with van der Waals surface area (Å²) < 4.78 is 3.34. The number of aliphatic imine (C=N–C) groups is 1. The van der Waals surface area contributed by atoms with E-state index in [4.69, 9.17) is 0 Å². The molecule has 158 valence electrons. The Balaban J connectivity index is 1.71. The van der Waals surface area contributed by atoms with Gasteiger partial charge in [0.2, 0.25) is 0 Å². The maximum atomic E-state index is 13.6. The van der Waals surface area contributed by atoms with Crippen molar-refractivity contribution < 1.29 is 4.79 Å². The number of anilines is 1. The van der Waals surface area contributed by atoms with E-state index >= 15 is 0 Å². The highest BCUT2D eigenvalue weighted by Crippen LogP contribution is 2.29. The number of thiophene rings is 1. The van der Waals surface area contributed by atoms with Crippen molar-refractivity contribution in [1.82, 2.24) is 9.36 Å². The Morgan fingerprint density at radius 1 is 0.906 bits per heavy atom. The molecule has 0 saturated heterocycles. The molecule has 2 aromatic carbocycles. The molecule has 2 aromatic heterocycles. The molecular weight excluding hydrogens is 420 g/mol. The Morgan fingerprint density at radius 2 is 1.59 bits per heavy atom. The van der Waals surface area contributed by atoms with E-state index in [1.807, 2.05) is 92.1 Å². The third-order valence-corrected chi connectivity index (χ3v) is 6.28. The van der Waals surface area contributed by atoms with Crippen LogP contribution in [0.5, 0.6) is 0 Å². The summed E-state index contributed by atoms with van der Waals surface area (Å²) in [5.41, 5.74) is 2.51. The fraction of sp³-hybridized carbons (Fsp3) is 0.0800. The number of carbonyl (C=O) groups excluding carboxylic acids is 1. The predicted octanol–water partition coefficient (Wildman–Crippen LogP) is 4.38. The molecule has 1 aliphatic heterocycles. The van der Waals surface area contributed by atoms with Gasteiger partial charge in [-0.2, -0.15) is 0 Å². The lowest BCUT2D eigenvalue weighted by Gasteiger charge is -2.17. The molecule has 3 heterocycles. The third-order valence-electron chi connectivity index (χ3n) is 5.46. The zero-order chi connectivity index (χ0) is 22.2. The summed E-state index contributed by atoms with van der Waals surface area (Å²) in [7, 11) is 1.81. The Kier molecular flexibility index (Phi) is 4.95. The largest absolute Gasteiger partial charge is 0.296 e. The molecule has 0 aliphatic carbocycles. The van der Waals surface area contributed by atoms with Gasteiger partial charge in [0.05, 0.1) is 11.4 Å². The van der Waals surface area contributed by atoms with E-state index in [1.54, 1.807) is 15.4 Å². The zero-order valence-electron chi connectivity index (χ0n) is 17.6. The molecule has 0 spiro atoms. The van der Waals surface area contributed by atoms with Crippen molar-refractivity contribution in [3.63, 3.8) is 0 Å². The van der Waals surface area contributed by atoms with E-state index in [2.05, 4.69) is 4.99 Å². The van der Waals surface area contributed by atoms with Crippen LogP contribution in [0.25, 0.3) is 11.8 Å². The van der Waals surface area contributed by atoms with Crippen LogP contribution in [0.4, 0.5) is 5.69 Å². The second-order valence-electron chi connectivity index (χ2n) is 7.40. The highest BCUT2D eigenvalue weighted by atomic mass is 32.1. The molecule has 1 amide bonds. The predicted molar refractivity (Wildman–Crippen MR) is 129 cm³/mol. The molecule has 5 rings (SSSR count). The normalized spacial score (nSPS) is 14.9. The number of aromatic nitrogens is 2. The van der Waals surface area contributed by atoms with Crippen molar-refractivity contribution in [3.8, 4) is 5.69 Å². The number of amidine groups is 1. The van der Waals surface area contributed by atoms with Crippen molar-refractivity contribution in [1.29, 1.82) is 0 Å². The van der Waals surface area contributed by atoms with Crippen molar-refractivity contribution >= 4 is 34.8 Å². The minimum Gasteiger partial charge on any atom is -0.283 e. The SMILES string of the molecule is Cc1c(N2C(=O)/C(=C\c3cccs3)N=C2c2ccccc2)c(=O)n(-c2ccccc2)n1C. The molecule has 0 radical (unpaired) electrons. The van der Waals surface area contributed by atoms with Crippen molar-refractivity contribution in [3.05, 3.63) is 110 Å². The van der Waals surface area contributed by atoms with Gasteiger partial charge in [-0.1, -0.05) is 54.6 Å². The first-order chi connectivity index (χ1) is 15.6. The number of nitrogens with zero attached hydrogens (tertiary/aromatic N) is 4. The lowest BCUT2D eigenvalue weighted by molar-refractivity contribution is -0.113. The van der Waals surface area contributed by atoms with Crippen LogP contribution >= 0.6 is 11.3 Å². The molecule has 6 nitrogen and oxygen atoms in total. The Labute approximate surface area is 189 Å². The van der Waals surface area contributed by atoms with Crippen LogP contribution in [0.2, 0.25) is 0 Å². The van der Waals surface area contributed by atoms with Gasteiger partial charge in [-0.3, -0.25) is 19.2 Å². The van der Waals surface area contributed by atoms with Crippen molar-refractivity contribution in [2.75, 3.05) is 4.90 Å². The van der Waals surface area contributed by atoms with E-state index in [1.165, 1.54) is 16.2 Å². The van der Waals surface area contributed by atoms with Crippen LogP contribution in [0, 0.1) is 6.92 Å². The first kappa shape index (κ1) is 20.0. The minimum atomic E-state index is -0.316. The van der Waals surface area contributed by atoms with E-state index in [-0.39, 0.29) is 11.5 Å². The maximum absolute atomic E-state index is 13.6. The number of benzene rings is 2. The van der Waals surface area contributed by atoms with Crippen molar-refractivity contribution in [2.24, 2.45) is 12.0 Å². The molecular formula is C25H20N4O2S. The van der Waals surface area contributed by atoms with Crippen LogP contribution in [-0.4, -0.2) is 21.1 Å². The quantitative estimate of drug-likeness (QED) is 0.442. The van der Waals surface area contributed by atoms with E-state index in [0.717, 1.165) is 16.1 Å². The summed E-state index contributed by atoms with van der Waals surface area (Å²) in [6, 6.07) is 22.7. The Morgan fingerprint density at radius 3 is 2.25 bits per heavy atom. The number of rotatable bonds is 4. The van der Waals surface area contributed by atoms with E-state index in [9.17, 15) is 9.59 Å². The van der Waals surface area contributed by atoms with E-state index in [0.29, 0.717) is 22.9 Å². The van der Waals surface area contributed by atoms with Crippen LogP contribution < -0.4 is 10.5 Å². The summed E-state index contributed by atoms with van der Waals surface area (Å²) >= 11 is 1.53. The van der Waals surface area contributed by atoms with Crippen molar-refractivity contribution in [2.45, 2.75) is 6.92 Å². The van der Waals surface area contributed by atoms with Crippen LogP contribution in [0.3, 0.4) is 0 Å². The monoisotopic (exact) mass is 440 g/mol. The Hall–Kier alpha value is -3.97. The lowest BCUT2D eigenvalue weighted by Crippen LogP contribution is -2.36. The molecule has 32 heavy (non-hydrogen) atoms. The number of hydrogen-bond donors (Lipinski definition) is 0. The fourth-order valence-electron chi connectivity index (χ4n) is 3.82. The van der Waals surface area contributed by atoms with Gasteiger partial charge in [-0.25, -0.2) is 9.67 Å². The standard InChI is InChI=1S/C25H20N4O2S/c1-17-22(25(31)29(27(17)2)19-12-7-4-8-13-19)28-23(18-10-5-3-6-11-18)26-21(24(28)30)16-20-14-9-15-32-20/h3-16H,1-2H3/b21-16+. The highest BCUT2D eigenvalue weighted by molar-refractivity contribution is 7.10.